The topological polar surface area (TPSA) is 106 Å². The molecule has 0 saturated carbocycles. The molecular formula is C48H24CoN8. The first-order valence-corrected chi connectivity index (χ1v) is 18.5. The molecule has 8 bridgehead atoms. The van der Waals surface area contributed by atoms with Gasteiger partial charge in [-0.1, -0.05) is 97.1 Å². The average molecular weight is 772 g/mol. The standard InChI is InChI=1S/C48H24N8.Co/c1-2-10-26-18-34-33(17-25(26)9-1)41-49-42(34)54-44-37-21-29-13-5-6-14-30(29)22-38(37)46(51-44)56-48-40-24-32-16-8-7-15-31(32)23-39(40)47(52-48)55-45-36-20-28-12-4-3-11-27(28)19-35(36)43(50-45)53-41;/h1-24H;/q-2;+2. The Labute approximate surface area is 333 Å². The summed E-state index contributed by atoms with van der Waals surface area (Å²) in [6.45, 7) is 0. The second-order valence-corrected chi connectivity index (χ2v) is 14.5. The summed E-state index contributed by atoms with van der Waals surface area (Å²) in [7, 11) is 0. The number of fused-ring (bicyclic) bond motifs is 24. The Balaban J connectivity index is 0.00000356. The van der Waals surface area contributed by atoms with E-state index in [2.05, 4.69) is 97.1 Å². The van der Waals surface area contributed by atoms with Crippen LogP contribution in [0.5, 0.6) is 0 Å². The fourth-order valence-corrected chi connectivity index (χ4v) is 8.41. The Bertz CT molecular complexity index is 3260. The summed E-state index contributed by atoms with van der Waals surface area (Å²) in [6, 6.07) is 50.4. The molecule has 9 heteroatoms. The summed E-state index contributed by atoms with van der Waals surface area (Å²) in [5.41, 5.74) is 5.67. The van der Waals surface area contributed by atoms with Crippen LogP contribution in [0.1, 0.15) is 0 Å². The van der Waals surface area contributed by atoms with Crippen LogP contribution in [0.4, 0.5) is 0 Å². The maximum Gasteiger partial charge on any atom is 2.00 e. The van der Waals surface area contributed by atoms with Crippen LogP contribution in [0, 0.1) is 0 Å². The molecule has 0 atom stereocenters. The van der Waals surface area contributed by atoms with Crippen LogP contribution in [-0.4, -0.2) is 29.9 Å². The molecule has 57 heavy (non-hydrogen) atoms. The van der Waals surface area contributed by atoms with Crippen LogP contribution < -0.4 is 9.97 Å². The predicted molar refractivity (Wildman–Crippen MR) is 224 cm³/mol. The quantitative estimate of drug-likeness (QED) is 0.150. The molecule has 8 aromatic carbocycles. The van der Waals surface area contributed by atoms with Gasteiger partial charge in [-0.15, -0.1) is 0 Å². The van der Waals surface area contributed by atoms with Gasteiger partial charge < -0.3 is 29.9 Å². The van der Waals surface area contributed by atoms with Gasteiger partial charge in [0.1, 0.15) is 0 Å². The molecule has 0 spiro atoms. The van der Waals surface area contributed by atoms with Crippen molar-refractivity contribution in [3.63, 3.8) is 0 Å². The third-order valence-electron chi connectivity index (χ3n) is 11.2. The molecule has 11 aromatic rings. The normalized spacial score (nSPS) is 12.1. The molecule has 5 heterocycles. The van der Waals surface area contributed by atoms with E-state index in [1.165, 1.54) is 0 Å². The number of nitrogens with zero attached hydrogens (tertiary/aromatic N) is 8. The number of rotatable bonds is 0. The van der Waals surface area contributed by atoms with Crippen LogP contribution >= 0.6 is 0 Å². The Kier molecular flexibility index (Phi) is 6.64. The van der Waals surface area contributed by atoms with Crippen molar-refractivity contribution < 1.29 is 16.8 Å². The van der Waals surface area contributed by atoms with Crippen molar-refractivity contribution in [1.29, 1.82) is 0 Å². The second kappa shape index (κ2) is 11.8. The van der Waals surface area contributed by atoms with Crippen molar-refractivity contribution in [1.82, 2.24) is 39.9 Å². The largest absolute Gasteiger partial charge is 2.00 e. The summed E-state index contributed by atoms with van der Waals surface area (Å²) in [5, 5.41) is 12.2. The number of hydrogen-bond acceptors (Lipinski definition) is 6. The van der Waals surface area contributed by atoms with Gasteiger partial charge in [0.15, 0.2) is 0 Å². The zero-order valence-electron chi connectivity index (χ0n) is 29.8. The van der Waals surface area contributed by atoms with Gasteiger partial charge in [0, 0.05) is 44.8 Å². The van der Waals surface area contributed by atoms with Gasteiger partial charge in [-0.2, -0.15) is 0 Å². The molecule has 0 N–H and O–H groups in total. The third-order valence-corrected chi connectivity index (χ3v) is 11.2. The van der Waals surface area contributed by atoms with E-state index >= 15 is 0 Å². The minimum absolute atomic E-state index is 0. The van der Waals surface area contributed by atoms with E-state index in [1.54, 1.807) is 0 Å². The van der Waals surface area contributed by atoms with E-state index in [-0.39, 0.29) is 16.8 Å². The van der Waals surface area contributed by atoms with E-state index in [0.29, 0.717) is 45.9 Å². The molecule has 0 saturated heterocycles. The van der Waals surface area contributed by atoms with Crippen LogP contribution in [0.25, 0.3) is 133 Å². The monoisotopic (exact) mass is 771 g/mol. The van der Waals surface area contributed by atoms with Gasteiger partial charge in [-0.25, -0.2) is 9.97 Å². The average Bonchev–Trinajstić information content (AvgIpc) is 3.95. The molecule has 0 aliphatic carbocycles. The molecular weight excluding hydrogens is 748 g/mol. The maximum absolute atomic E-state index is 5.24. The molecule has 2 aliphatic rings. The number of aromatic nitrogens is 8. The number of benzene rings is 8. The second-order valence-electron chi connectivity index (χ2n) is 14.5. The SMILES string of the molecule is [Co+2].c1ccc2cc3c(cc2c1)-c1nc-3nc2[n-]c(nc3nc(nc4[n-]c(n1)c1cc5ccccc5cc41)-c1cc4ccccc4cc1-3)c1cc3ccccc3cc21. The van der Waals surface area contributed by atoms with Crippen LogP contribution in [-0.2, 0) is 16.8 Å². The molecule has 13 rings (SSSR count). The Morgan fingerprint density at radius 2 is 0.474 bits per heavy atom. The van der Waals surface area contributed by atoms with E-state index in [9.17, 15) is 0 Å². The van der Waals surface area contributed by atoms with Crippen molar-refractivity contribution >= 4 is 87.2 Å². The van der Waals surface area contributed by atoms with Gasteiger partial charge in [0.05, 0.1) is 23.3 Å². The van der Waals surface area contributed by atoms with E-state index in [0.717, 1.165) is 86.9 Å². The van der Waals surface area contributed by atoms with Crippen molar-refractivity contribution in [3.8, 4) is 45.6 Å². The fraction of sp³-hybridized carbons (Fsp3) is 0. The zero-order chi connectivity index (χ0) is 36.5. The first-order chi connectivity index (χ1) is 27.7. The van der Waals surface area contributed by atoms with Gasteiger partial charge in [-0.3, -0.25) is 0 Å². The predicted octanol–water partition coefficient (Wildman–Crippen LogP) is 10.7. The summed E-state index contributed by atoms with van der Waals surface area (Å²) < 4.78 is 0. The summed E-state index contributed by atoms with van der Waals surface area (Å²) in [6.07, 6.45) is 0. The number of hydrogen-bond donors (Lipinski definition) is 0. The zero-order valence-corrected chi connectivity index (χ0v) is 30.8. The van der Waals surface area contributed by atoms with Crippen LogP contribution in [0.2, 0.25) is 0 Å². The molecule has 265 valence electrons. The summed E-state index contributed by atoms with van der Waals surface area (Å²) in [4.78, 5) is 41.6. The van der Waals surface area contributed by atoms with Crippen LogP contribution in [0.15, 0.2) is 146 Å². The van der Waals surface area contributed by atoms with E-state index in [1.807, 2.05) is 48.5 Å². The first-order valence-electron chi connectivity index (χ1n) is 18.5. The third kappa shape index (κ3) is 4.80. The summed E-state index contributed by atoms with van der Waals surface area (Å²) >= 11 is 0. The van der Waals surface area contributed by atoms with Crippen molar-refractivity contribution in [2.75, 3.05) is 0 Å². The van der Waals surface area contributed by atoms with Crippen molar-refractivity contribution in [2.45, 2.75) is 0 Å². The van der Waals surface area contributed by atoms with Gasteiger partial charge in [-0.05, 0) is 113 Å². The smallest absolute Gasteiger partial charge is 0.357 e. The summed E-state index contributed by atoms with van der Waals surface area (Å²) in [5.74, 6) is 2.14. The maximum atomic E-state index is 5.24. The molecule has 3 aromatic heterocycles. The minimum Gasteiger partial charge on any atom is -0.357 e. The van der Waals surface area contributed by atoms with Crippen molar-refractivity contribution in [3.05, 3.63) is 146 Å². The van der Waals surface area contributed by atoms with E-state index in [4.69, 9.17) is 39.9 Å². The van der Waals surface area contributed by atoms with Gasteiger partial charge in [0.25, 0.3) is 0 Å². The Hall–Kier alpha value is -7.33. The van der Waals surface area contributed by atoms with Crippen LogP contribution in [0.3, 0.4) is 0 Å². The molecule has 2 aliphatic heterocycles. The molecule has 1 radical (unpaired) electrons. The first kappa shape index (κ1) is 32.0. The van der Waals surface area contributed by atoms with Crippen molar-refractivity contribution in [2.24, 2.45) is 0 Å². The minimum atomic E-state index is 0. The molecule has 0 amide bonds. The molecule has 0 fully saturated rings. The molecule has 8 nitrogen and oxygen atoms in total. The fourth-order valence-electron chi connectivity index (χ4n) is 8.41. The van der Waals surface area contributed by atoms with E-state index < -0.39 is 0 Å². The van der Waals surface area contributed by atoms with Gasteiger partial charge in [0.2, 0.25) is 0 Å². The molecule has 0 unspecified atom stereocenters. The van der Waals surface area contributed by atoms with Gasteiger partial charge >= 0.3 is 16.8 Å². The Morgan fingerprint density at radius 1 is 0.263 bits per heavy atom. The Morgan fingerprint density at radius 3 is 0.702 bits per heavy atom.